The van der Waals surface area contributed by atoms with Gasteiger partial charge >= 0.3 is 0 Å². The average molecular weight is 300 g/mol. The molecule has 6 heteroatoms. The van der Waals surface area contributed by atoms with Crippen LogP contribution < -0.4 is 11.1 Å². The van der Waals surface area contributed by atoms with E-state index in [1.807, 2.05) is 6.07 Å². The van der Waals surface area contributed by atoms with Gasteiger partial charge in [-0.1, -0.05) is 0 Å². The Morgan fingerprint density at radius 2 is 2.29 bits per heavy atom. The number of carbonyl (C=O) groups excluding carboxylic acids is 1. The lowest BCUT2D eigenvalue weighted by atomic mass is 10.2. The Balaban J connectivity index is 2.64. The molecule has 0 aliphatic heterocycles. The van der Waals surface area contributed by atoms with Gasteiger partial charge in [0.15, 0.2) is 5.82 Å². The summed E-state index contributed by atoms with van der Waals surface area (Å²) in [5.74, 6) is -0.892. The minimum atomic E-state index is -0.511. The lowest BCUT2D eigenvalue weighted by Gasteiger charge is -2.08. The van der Waals surface area contributed by atoms with Crippen molar-refractivity contribution in [2.24, 2.45) is 5.73 Å². The number of primary amides is 1. The van der Waals surface area contributed by atoms with Gasteiger partial charge in [-0.2, -0.15) is 5.26 Å². The van der Waals surface area contributed by atoms with E-state index in [1.54, 1.807) is 0 Å². The van der Waals surface area contributed by atoms with Gasteiger partial charge in [0.1, 0.15) is 6.07 Å². The van der Waals surface area contributed by atoms with Crippen molar-refractivity contribution in [3.05, 3.63) is 28.0 Å². The predicted molar refractivity (Wildman–Crippen MR) is 65.7 cm³/mol. The van der Waals surface area contributed by atoms with E-state index in [2.05, 4.69) is 21.2 Å². The first-order chi connectivity index (χ1) is 8.06. The minimum absolute atomic E-state index is 0.139. The Morgan fingerprint density at radius 1 is 1.59 bits per heavy atom. The molecule has 17 heavy (non-hydrogen) atoms. The second-order valence-electron chi connectivity index (χ2n) is 3.40. The zero-order valence-corrected chi connectivity index (χ0v) is 10.6. The molecule has 0 aliphatic carbocycles. The van der Waals surface area contributed by atoms with Gasteiger partial charge in [0.25, 0.3) is 0 Å². The van der Waals surface area contributed by atoms with E-state index < -0.39 is 5.82 Å². The molecule has 1 aromatic rings. The Labute approximate surface area is 107 Å². The summed E-state index contributed by atoms with van der Waals surface area (Å²) in [6, 6.07) is 4.88. The maximum atomic E-state index is 13.7. The summed E-state index contributed by atoms with van der Waals surface area (Å²) in [5, 5.41) is 11.5. The predicted octanol–water partition coefficient (Wildman–Crippen LogP) is 2.14. The maximum absolute atomic E-state index is 13.7. The van der Waals surface area contributed by atoms with Crippen molar-refractivity contribution in [1.29, 1.82) is 5.26 Å². The molecule has 1 aromatic carbocycles. The van der Waals surface area contributed by atoms with Crippen molar-refractivity contribution in [3.8, 4) is 6.07 Å². The fraction of sp³-hybridized carbons (Fsp3) is 0.273. The number of nitriles is 1. The number of halogens is 2. The number of hydrogen-bond acceptors (Lipinski definition) is 3. The molecule has 0 bridgehead atoms. The summed E-state index contributed by atoms with van der Waals surface area (Å²) in [4.78, 5) is 10.5. The van der Waals surface area contributed by atoms with Gasteiger partial charge in [0, 0.05) is 13.0 Å². The van der Waals surface area contributed by atoms with Crippen LogP contribution in [0.1, 0.15) is 18.4 Å². The molecule has 90 valence electrons. The zero-order valence-electron chi connectivity index (χ0n) is 8.96. The summed E-state index contributed by atoms with van der Waals surface area (Å²) in [6.45, 7) is 0.443. The smallest absolute Gasteiger partial charge is 0.217 e. The highest BCUT2D eigenvalue weighted by atomic mass is 79.9. The van der Waals surface area contributed by atoms with Crippen LogP contribution in [0.15, 0.2) is 16.6 Å². The highest BCUT2D eigenvalue weighted by Gasteiger charge is 2.10. The Morgan fingerprint density at radius 3 is 2.88 bits per heavy atom. The summed E-state index contributed by atoms with van der Waals surface area (Å²) < 4.78 is 13.8. The lowest BCUT2D eigenvalue weighted by Crippen LogP contribution is -2.13. The molecule has 0 fully saturated rings. The molecule has 0 radical (unpaired) electrons. The van der Waals surface area contributed by atoms with Crippen LogP contribution in [-0.4, -0.2) is 12.5 Å². The van der Waals surface area contributed by atoms with Crippen LogP contribution in [0.3, 0.4) is 0 Å². The van der Waals surface area contributed by atoms with E-state index in [0.29, 0.717) is 18.7 Å². The monoisotopic (exact) mass is 299 g/mol. The van der Waals surface area contributed by atoms with Gasteiger partial charge in [-0.05, 0) is 34.5 Å². The highest BCUT2D eigenvalue weighted by Crippen LogP contribution is 2.26. The van der Waals surface area contributed by atoms with Gasteiger partial charge < -0.3 is 11.1 Å². The van der Waals surface area contributed by atoms with E-state index in [4.69, 9.17) is 11.0 Å². The van der Waals surface area contributed by atoms with Crippen molar-refractivity contribution in [3.63, 3.8) is 0 Å². The second-order valence-corrected chi connectivity index (χ2v) is 4.19. The number of nitrogens with two attached hydrogens (primary N) is 1. The number of rotatable bonds is 5. The molecule has 3 N–H and O–H groups in total. The largest absolute Gasteiger partial charge is 0.383 e. The van der Waals surface area contributed by atoms with Crippen molar-refractivity contribution in [2.75, 3.05) is 11.9 Å². The summed E-state index contributed by atoms with van der Waals surface area (Å²) in [7, 11) is 0. The molecule has 0 aromatic heterocycles. The van der Waals surface area contributed by atoms with Crippen molar-refractivity contribution in [2.45, 2.75) is 12.8 Å². The van der Waals surface area contributed by atoms with Gasteiger partial charge in [-0.3, -0.25) is 4.79 Å². The number of nitrogens with one attached hydrogen (secondary N) is 1. The zero-order chi connectivity index (χ0) is 12.8. The number of nitrogens with zero attached hydrogens (tertiary/aromatic N) is 1. The van der Waals surface area contributed by atoms with E-state index in [-0.39, 0.29) is 22.4 Å². The third-order valence-corrected chi connectivity index (χ3v) is 2.89. The third kappa shape index (κ3) is 3.71. The molecule has 1 amide bonds. The maximum Gasteiger partial charge on any atom is 0.217 e. The second kappa shape index (κ2) is 6.21. The Bertz CT molecular complexity index is 471. The first-order valence-electron chi connectivity index (χ1n) is 4.96. The average Bonchev–Trinajstić information content (AvgIpc) is 2.29. The molecule has 0 saturated heterocycles. The molecule has 0 heterocycles. The van der Waals surface area contributed by atoms with E-state index >= 15 is 0 Å². The van der Waals surface area contributed by atoms with Crippen LogP contribution in [0.4, 0.5) is 10.1 Å². The molecule has 0 aliphatic rings. The molecule has 0 spiro atoms. The lowest BCUT2D eigenvalue weighted by molar-refractivity contribution is -0.118. The standard InChI is InChI=1S/C11H11BrFN3O/c12-10-7(6-14)3-4-8(11(10)13)16-5-1-2-9(15)17/h3-4,16H,1-2,5H2,(H2,15,17). The Kier molecular flexibility index (Phi) is 4.91. The number of anilines is 1. The van der Waals surface area contributed by atoms with Crippen molar-refractivity contribution in [1.82, 2.24) is 0 Å². The molecule has 0 unspecified atom stereocenters. The first kappa shape index (κ1) is 13.5. The van der Waals surface area contributed by atoms with Crippen molar-refractivity contribution >= 4 is 27.5 Å². The number of benzene rings is 1. The summed E-state index contributed by atoms with van der Waals surface area (Å²) in [6.07, 6.45) is 0.790. The normalized spacial score (nSPS) is 9.71. The van der Waals surface area contributed by atoms with Crippen LogP contribution in [-0.2, 0) is 4.79 Å². The summed E-state index contributed by atoms with van der Waals surface area (Å²) in [5.41, 5.74) is 5.51. The van der Waals surface area contributed by atoms with Crippen LogP contribution in [0.2, 0.25) is 0 Å². The van der Waals surface area contributed by atoms with E-state index in [0.717, 1.165) is 0 Å². The van der Waals surface area contributed by atoms with Crippen LogP contribution in [0.25, 0.3) is 0 Å². The van der Waals surface area contributed by atoms with E-state index in [1.165, 1.54) is 12.1 Å². The molecular formula is C11H11BrFN3O. The van der Waals surface area contributed by atoms with Crippen LogP contribution >= 0.6 is 15.9 Å². The topological polar surface area (TPSA) is 78.9 Å². The molecule has 1 rings (SSSR count). The third-order valence-electron chi connectivity index (χ3n) is 2.12. The van der Waals surface area contributed by atoms with Gasteiger partial charge in [0.05, 0.1) is 15.7 Å². The quantitative estimate of drug-likeness (QED) is 0.818. The first-order valence-corrected chi connectivity index (χ1v) is 5.76. The fourth-order valence-corrected chi connectivity index (χ4v) is 1.69. The number of amides is 1. The fourth-order valence-electron chi connectivity index (χ4n) is 1.26. The summed E-state index contributed by atoms with van der Waals surface area (Å²) >= 11 is 3.01. The van der Waals surface area contributed by atoms with E-state index in [9.17, 15) is 9.18 Å². The molecule has 4 nitrogen and oxygen atoms in total. The SMILES string of the molecule is N#Cc1ccc(NCCCC(N)=O)c(F)c1Br. The van der Waals surface area contributed by atoms with Crippen LogP contribution in [0, 0.1) is 17.1 Å². The highest BCUT2D eigenvalue weighted by molar-refractivity contribution is 9.10. The molecule has 0 saturated carbocycles. The van der Waals surface area contributed by atoms with Gasteiger partial charge in [-0.25, -0.2) is 4.39 Å². The number of carbonyl (C=O) groups is 1. The van der Waals surface area contributed by atoms with Crippen LogP contribution in [0.5, 0.6) is 0 Å². The molecule has 0 atom stereocenters. The molecular weight excluding hydrogens is 289 g/mol. The number of hydrogen-bond donors (Lipinski definition) is 2. The minimum Gasteiger partial charge on any atom is -0.383 e. The van der Waals surface area contributed by atoms with Gasteiger partial charge in [-0.15, -0.1) is 0 Å². The Hall–Kier alpha value is -1.61. The van der Waals surface area contributed by atoms with Gasteiger partial charge in [0.2, 0.25) is 5.91 Å². The van der Waals surface area contributed by atoms with Crippen molar-refractivity contribution < 1.29 is 9.18 Å².